The van der Waals surface area contributed by atoms with Gasteiger partial charge in [-0.2, -0.15) is 0 Å². The minimum absolute atomic E-state index is 0.0954. The van der Waals surface area contributed by atoms with Crippen LogP contribution in [0.15, 0.2) is 65.6 Å². The van der Waals surface area contributed by atoms with Crippen molar-refractivity contribution in [2.75, 3.05) is 18.3 Å². The molecule has 1 aliphatic rings. The average molecular weight is 526 g/mol. The van der Waals surface area contributed by atoms with Gasteiger partial charge in [0.05, 0.1) is 4.90 Å². The number of nitrogens with zero attached hydrogens (tertiary/aromatic N) is 1. The van der Waals surface area contributed by atoms with Crippen LogP contribution in [0.1, 0.15) is 22.6 Å². The van der Waals surface area contributed by atoms with Crippen LogP contribution in [0.5, 0.6) is 5.75 Å². The standard InChI is InChI=1S/C22H19Cl2N2O5PS/c1-26-12-20(19-10-15(23)11-22(24)21(19)13-26)14-3-2-4-18(9-14)33(29,30)25-16-5-7-17(8-6-16)31-32(27)28/h2-11,20,25H,12-13H2,1H3/p+1. The lowest BCUT2D eigenvalue weighted by molar-refractivity contribution is 0.295. The molecular weight excluding hydrogens is 506 g/mol. The van der Waals surface area contributed by atoms with Crippen LogP contribution < -0.4 is 9.25 Å². The number of rotatable bonds is 6. The van der Waals surface area contributed by atoms with E-state index in [0.717, 1.165) is 16.7 Å². The molecule has 2 N–H and O–H groups in total. The van der Waals surface area contributed by atoms with Crippen LogP contribution in [0, 0.1) is 0 Å². The molecule has 0 saturated heterocycles. The first-order valence-electron chi connectivity index (χ1n) is 9.86. The Morgan fingerprint density at radius 2 is 1.85 bits per heavy atom. The SMILES string of the molecule is CN1Cc2c(Cl)cc(Cl)cc2C(c2cccc(S(=O)(=O)Nc3ccc(O[P+](=O)O)cc3)c2)C1. The molecule has 0 radical (unpaired) electrons. The summed E-state index contributed by atoms with van der Waals surface area (Å²) in [6.07, 6.45) is 0. The van der Waals surface area contributed by atoms with Crippen LogP contribution in [0.25, 0.3) is 0 Å². The maximum Gasteiger partial charge on any atom is 0.747 e. The fourth-order valence-corrected chi connectivity index (χ4v) is 5.90. The molecule has 1 aliphatic heterocycles. The van der Waals surface area contributed by atoms with Gasteiger partial charge in [0.2, 0.25) is 0 Å². The molecular formula is C22H20Cl2N2O5PS+. The summed E-state index contributed by atoms with van der Waals surface area (Å²) in [4.78, 5) is 11.1. The summed E-state index contributed by atoms with van der Waals surface area (Å²) in [5.41, 5.74) is 3.10. The monoisotopic (exact) mass is 525 g/mol. The largest absolute Gasteiger partial charge is 0.747 e. The van der Waals surface area contributed by atoms with Crippen molar-refractivity contribution in [1.82, 2.24) is 4.90 Å². The summed E-state index contributed by atoms with van der Waals surface area (Å²) in [6, 6.07) is 16.1. The van der Waals surface area contributed by atoms with E-state index >= 15 is 0 Å². The Hall–Kier alpha value is -2.19. The quantitative estimate of drug-likeness (QED) is 0.418. The van der Waals surface area contributed by atoms with E-state index in [4.69, 9.17) is 28.1 Å². The minimum atomic E-state index is -3.88. The van der Waals surface area contributed by atoms with Crippen molar-refractivity contribution in [2.24, 2.45) is 0 Å². The zero-order valence-corrected chi connectivity index (χ0v) is 20.6. The summed E-state index contributed by atoms with van der Waals surface area (Å²) in [7, 11) is -4.69. The van der Waals surface area contributed by atoms with Gasteiger partial charge in [-0.1, -0.05) is 35.3 Å². The number of likely N-dealkylation sites (N-methyl/N-ethyl adjacent to an activating group) is 1. The third kappa shape index (κ3) is 5.49. The van der Waals surface area contributed by atoms with Gasteiger partial charge >= 0.3 is 8.25 Å². The van der Waals surface area contributed by atoms with Crippen LogP contribution in [0.4, 0.5) is 5.69 Å². The van der Waals surface area contributed by atoms with E-state index in [-0.39, 0.29) is 16.6 Å². The lowest BCUT2D eigenvalue weighted by atomic mass is 9.85. The third-order valence-corrected chi connectivity index (χ3v) is 7.65. The predicted octanol–water partition coefficient (Wildman–Crippen LogP) is 5.40. The summed E-state index contributed by atoms with van der Waals surface area (Å²) in [5, 5.41) is 1.13. The number of benzene rings is 3. The highest BCUT2D eigenvalue weighted by atomic mass is 35.5. The minimum Gasteiger partial charge on any atom is -0.301 e. The number of nitrogens with one attached hydrogen (secondary N) is 1. The molecule has 4 rings (SSSR count). The number of sulfonamides is 1. The number of hydrogen-bond acceptors (Lipinski definition) is 5. The smallest absolute Gasteiger partial charge is 0.301 e. The van der Waals surface area contributed by atoms with Gasteiger partial charge in [-0.3, -0.25) is 4.72 Å². The van der Waals surface area contributed by atoms with E-state index in [1.807, 2.05) is 19.2 Å². The molecule has 0 saturated carbocycles. The van der Waals surface area contributed by atoms with E-state index in [9.17, 15) is 13.0 Å². The van der Waals surface area contributed by atoms with Crippen molar-refractivity contribution in [3.05, 3.63) is 87.4 Å². The molecule has 0 fully saturated rings. The van der Waals surface area contributed by atoms with E-state index in [1.54, 1.807) is 18.2 Å². The molecule has 0 aliphatic carbocycles. The number of halogens is 2. The molecule has 3 aromatic rings. The number of anilines is 1. The first-order chi connectivity index (χ1) is 15.6. The van der Waals surface area contributed by atoms with Gasteiger partial charge in [0.1, 0.15) is 0 Å². The highest BCUT2D eigenvalue weighted by molar-refractivity contribution is 7.92. The molecule has 0 spiro atoms. The Morgan fingerprint density at radius 1 is 1.12 bits per heavy atom. The summed E-state index contributed by atoms with van der Waals surface area (Å²) < 4.78 is 44.0. The fourth-order valence-electron chi connectivity index (χ4n) is 3.92. The molecule has 3 aromatic carbocycles. The lowest BCUT2D eigenvalue weighted by Crippen LogP contribution is -2.31. The zero-order chi connectivity index (χ0) is 23.8. The first-order valence-corrected chi connectivity index (χ1v) is 13.2. The van der Waals surface area contributed by atoms with Crippen LogP contribution in [-0.4, -0.2) is 31.8 Å². The molecule has 0 amide bonds. The molecule has 0 bridgehead atoms. The Balaban J connectivity index is 1.64. The Morgan fingerprint density at radius 3 is 2.55 bits per heavy atom. The van der Waals surface area contributed by atoms with Gasteiger partial charge in [-0.05, 0) is 72.3 Å². The normalized spacial score (nSPS) is 16.7. The van der Waals surface area contributed by atoms with Gasteiger partial charge in [0, 0.05) is 39.3 Å². The van der Waals surface area contributed by atoms with Crippen LogP contribution in [-0.2, 0) is 21.1 Å². The molecule has 33 heavy (non-hydrogen) atoms. The van der Waals surface area contributed by atoms with Crippen molar-refractivity contribution in [2.45, 2.75) is 17.4 Å². The molecule has 172 valence electrons. The number of fused-ring (bicyclic) bond motifs is 1. The van der Waals surface area contributed by atoms with Crippen LogP contribution in [0.3, 0.4) is 0 Å². The van der Waals surface area contributed by atoms with Crippen molar-refractivity contribution in [3.8, 4) is 5.75 Å². The van der Waals surface area contributed by atoms with E-state index < -0.39 is 18.3 Å². The lowest BCUT2D eigenvalue weighted by Gasteiger charge is -2.33. The predicted molar refractivity (Wildman–Crippen MR) is 129 cm³/mol. The van der Waals surface area contributed by atoms with Crippen LogP contribution in [0.2, 0.25) is 10.0 Å². The van der Waals surface area contributed by atoms with Crippen molar-refractivity contribution < 1.29 is 22.4 Å². The Labute approximate surface area is 202 Å². The average Bonchev–Trinajstić information content (AvgIpc) is 2.75. The maximum absolute atomic E-state index is 13.0. The Bertz CT molecular complexity index is 1320. The zero-order valence-electron chi connectivity index (χ0n) is 17.4. The van der Waals surface area contributed by atoms with Gasteiger partial charge in [0.15, 0.2) is 5.75 Å². The van der Waals surface area contributed by atoms with Crippen molar-refractivity contribution in [1.29, 1.82) is 0 Å². The Kier molecular flexibility index (Phi) is 6.96. The van der Waals surface area contributed by atoms with E-state index in [0.29, 0.717) is 28.8 Å². The van der Waals surface area contributed by atoms with E-state index in [2.05, 4.69) is 14.1 Å². The summed E-state index contributed by atoms with van der Waals surface area (Å²) in [6.45, 7) is 1.38. The fraction of sp³-hybridized carbons (Fsp3) is 0.182. The van der Waals surface area contributed by atoms with Gasteiger partial charge in [0.25, 0.3) is 10.0 Å². The second kappa shape index (κ2) is 9.58. The molecule has 11 heteroatoms. The first kappa shape index (κ1) is 24.0. The molecule has 1 heterocycles. The molecule has 2 atom stereocenters. The molecule has 0 aromatic heterocycles. The van der Waals surface area contributed by atoms with E-state index in [1.165, 1.54) is 30.3 Å². The maximum atomic E-state index is 13.0. The topological polar surface area (TPSA) is 95.9 Å². The summed E-state index contributed by atoms with van der Waals surface area (Å²) >= 11 is 12.7. The van der Waals surface area contributed by atoms with Crippen molar-refractivity contribution in [3.63, 3.8) is 0 Å². The van der Waals surface area contributed by atoms with Gasteiger partial charge < -0.3 is 4.90 Å². The second-order valence-electron chi connectivity index (χ2n) is 7.74. The number of hydrogen-bond donors (Lipinski definition) is 2. The molecule has 7 nitrogen and oxygen atoms in total. The highest BCUT2D eigenvalue weighted by Crippen LogP contribution is 2.39. The third-order valence-electron chi connectivity index (χ3n) is 5.35. The van der Waals surface area contributed by atoms with Crippen molar-refractivity contribution >= 4 is 47.2 Å². The summed E-state index contributed by atoms with van der Waals surface area (Å²) in [5.74, 6) is 0.0583. The second-order valence-corrected chi connectivity index (χ2v) is 10.9. The molecule has 2 unspecified atom stereocenters. The van der Waals surface area contributed by atoms with Gasteiger partial charge in [-0.15, -0.1) is 4.89 Å². The van der Waals surface area contributed by atoms with Crippen LogP contribution >= 0.6 is 31.5 Å². The van der Waals surface area contributed by atoms with Gasteiger partial charge in [-0.25, -0.2) is 12.9 Å². The highest BCUT2D eigenvalue weighted by Gasteiger charge is 2.28.